The lowest BCUT2D eigenvalue weighted by molar-refractivity contribution is -0.112. The molecule has 0 heterocycles. The van der Waals surface area contributed by atoms with Gasteiger partial charge in [-0.3, -0.25) is 4.79 Å². The summed E-state index contributed by atoms with van der Waals surface area (Å²) in [5.74, 6) is 0.378. The normalized spacial score (nSPS) is 11.0. The summed E-state index contributed by atoms with van der Waals surface area (Å²) >= 11 is 6.25. The van der Waals surface area contributed by atoms with Gasteiger partial charge in [-0.25, -0.2) is 0 Å². The van der Waals surface area contributed by atoms with Crippen molar-refractivity contribution in [3.63, 3.8) is 0 Å². The third-order valence-electron chi connectivity index (χ3n) is 4.13. The van der Waals surface area contributed by atoms with Gasteiger partial charge < -0.3 is 14.8 Å². The fourth-order valence-corrected chi connectivity index (χ4v) is 3.30. The van der Waals surface area contributed by atoms with Crippen LogP contribution in [0.3, 0.4) is 0 Å². The zero-order chi connectivity index (χ0) is 20.8. The predicted molar refractivity (Wildman–Crippen MR) is 112 cm³/mol. The smallest absolute Gasteiger partial charge is 0.266 e. The van der Waals surface area contributed by atoms with Crippen molar-refractivity contribution in [3.05, 3.63) is 57.1 Å². The summed E-state index contributed by atoms with van der Waals surface area (Å²) < 4.78 is 10.8. The minimum Gasteiger partial charge on any atom is -0.491 e. The first-order valence-corrected chi connectivity index (χ1v) is 9.19. The number of nitrogens with one attached hydrogen (secondary N) is 1. The second-order valence-electron chi connectivity index (χ2n) is 6.36. The van der Waals surface area contributed by atoms with E-state index in [0.717, 1.165) is 16.7 Å². The maximum atomic E-state index is 12.7. The number of ether oxygens (including phenoxy) is 2. The highest BCUT2D eigenvalue weighted by atomic mass is 35.5. The van der Waals surface area contributed by atoms with E-state index in [-0.39, 0.29) is 5.57 Å². The van der Waals surface area contributed by atoms with Gasteiger partial charge in [-0.15, -0.1) is 0 Å². The van der Waals surface area contributed by atoms with Crippen LogP contribution in [0.5, 0.6) is 11.5 Å². The molecule has 2 aromatic carbocycles. The number of aryl methyl sites for hydroxylation is 3. The molecule has 0 aliphatic carbocycles. The van der Waals surface area contributed by atoms with Crippen LogP contribution in [0.4, 0.5) is 5.69 Å². The van der Waals surface area contributed by atoms with Gasteiger partial charge in [0.05, 0.1) is 18.7 Å². The summed E-state index contributed by atoms with van der Waals surface area (Å²) in [6, 6.07) is 9.22. The SMILES string of the molecule is CCOc1cc(/C=C(\C#N)C(=O)Nc2c(C)cc(C)cc2C)cc(Cl)c1OC. The van der Waals surface area contributed by atoms with Crippen molar-refractivity contribution in [1.82, 2.24) is 0 Å². The van der Waals surface area contributed by atoms with E-state index >= 15 is 0 Å². The molecular formula is C22H23ClN2O3. The van der Waals surface area contributed by atoms with Gasteiger partial charge >= 0.3 is 0 Å². The van der Waals surface area contributed by atoms with E-state index in [9.17, 15) is 10.1 Å². The Bertz CT molecular complexity index is 951. The van der Waals surface area contributed by atoms with Crippen LogP contribution in [-0.2, 0) is 4.79 Å². The lowest BCUT2D eigenvalue weighted by atomic mass is 10.0. The van der Waals surface area contributed by atoms with Crippen molar-refractivity contribution in [2.45, 2.75) is 27.7 Å². The van der Waals surface area contributed by atoms with E-state index in [1.807, 2.05) is 45.9 Å². The molecular weight excluding hydrogens is 376 g/mol. The van der Waals surface area contributed by atoms with E-state index < -0.39 is 5.91 Å². The molecule has 6 heteroatoms. The van der Waals surface area contributed by atoms with E-state index in [0.29, 0.717) is 34.4 Å². The van der Waals surface area contributed by atoms with Crippen LogP contribution in [0.1, 0.15) is 29.2 Å². The van der Waals surface area contributed by atoms with Crippen molar-refractivity contribution in [3.8, 4) is 17.6 Å². The van der Waals surface area contributed by atoms with Gasteiger partial charge in [0.2, 0.25) is 0 Å². The van der Waals surface area contributed by atoms with Gasteiger partial charge in [0, 0.05) is 5.69 Å². The molecule has 0 aliphatic rings. The van der Waals surface area contributed by atoms with Crippen LogP contribution in [0.25, 0.3) is 6.08 Å². The molecule has 28 heavy (non-hydrogen) atoms. The molecule has 0 unspecified atom stereocenters. The summed E-state index contributed by atoms with van der Waals surface area (Å²) in [4.78, 5) is 12.7. The molecule has 1 N–H and O–H groups in total. The third kappa shape index (κ3) is 4.85. The van der Waals surface area contributed by atoms with E-state index in [4.69, 9.17) is 21.1 Å². The monoisotopic (exact) mass is 398 g/mol. The fourth-order valence-electron chi connectivity index (χ4n) is 3.01. The Hall–Kier alpha value is -2.97. The highest BCUT2D eigenvalue weighted by Crippen LogP contribution is 2.37. The van der Waals surface area contributed by atoms with Crippen LogP contribution in [0.2, 0.25) is 5.02 Å². The van der Waals surface area contributed by atoms with E-state index in [1.165, 1.54) is 13.2 Å². The number of halogens is 1. The molecule has 2 rings (SSSR count). The van der Waals surface area contributed by atoms with Crippen molar-refractivity contribution in [2.24, 2.45) is 0 Å². The van der Waals surface area contributed by atoms with Gasteiger partial charge in [-0.2, -0.15) is 5.26 Å². The molecule has 0 spiro atoms. The van der Waals surface area contributed by atoms with E-state index in [2.05, 4.69) is 5.32 Å². The first-order valence-electron chi connectivity index (χ1n) is 8.82. The zero-order valence-electron chi connectivity index (χ0n) is 16.6. The zero-order valence-corrected chi connectivity index (χ0v) is 17.4. The lowest BCUT2D eigenvalue weighted by Crippen LogP contribution is -2.15. The quantitative estimate of drug-likeness (QED) is 0.535. The molecule has 5 nitrogen and oxygen atoms in total. The Morgan fingerprint density at radius 2 is 1.86 bits per heavy atom. The number of carbonyl (C=O) groups excluding carboxylic acids is 1. The second kappa shape index (κ2) is 9.29. The first-order chi connectivity index (χ1) is 13.3. The van der Waals surface area contributed by atoms with Crippen LogP contribution < -0.4 is 14.8 Å². The summed E-state index contributed by atoms with van der Waals surface area (Å²) in [7, 11) is 1.50. The molecule has 1 amide bonds. The Balaban J connectivity index is 2.39. The van der Waals surface area contributed by atoms with Crippen LogP contribution in [-0.4, -0.2) is 19.6 Å². The molecule has 0 fully saturated rings. The highest BCUT2D eigenvalue weighted by molar-refractivity contribution is 6.32. The van der Waals surface area contributed by atoms with E-state index in [1.54, 1.807) is 12.1 Å². The van der Waals surface area contributed by atoms with Crippen molar-refractivity contribution < 1.29 is 14.3 Å². The van der Waals surface area contributed by atoms with Crippen LogP contribution >= 0.6 is 11.6 Å². The first kappa shape index (κ1) is 21.3. The fraction of sp³-hybridized carbons (Fsp3) is 0.273. The molecule has 0 saturated carbocycles. The van der Waals surface area contributed by atoms with Gasteiger partial charge in [0.25, 0.3) is 5.91 Å². The maximum Gasteiger partial charge on any atom is 0.266 e. The number of rotatable bonds is 6. The van der Waals surface area contributed by atoms with Crippen LogP contribution in [0, 0.1) is 32.1 Å². The molecule has 0 atom stereocenters. The number of methoxy groups -OCH3 is 1. The number of hydrogen-bond donors (Lipinski definition) is 1. The molecule has 2 aromatic rings. The summed E-state index contributed by atoms with van der Waals surface area (Å²) in [5, 5.41) is 12.7. The Morgan fingerprint density at radius 3 is 2.39 bits per heavy atom. The molecule has 0 aliphatic heterocycles. The average Bonchev–Trinajstić information content (AvgIpc) is 2.62. The Kier molecular flexibility index (Phi) is 7.08. The molecule has 146 valence electrons. The van der Waals surface area contributed by atoms with Crippen molar-refractivity contribution >= 4 is 29.3 Å². The average molecular weight is 399 g/mol. The number of amides is 1. The van der Waals surface area contributed by atoms with Gasteiger partial charge in [-0.05, 0) is 62.6 Å². The molecule has 0 radical (unpaired) electrons. The maximum absolute atomic E-state index is 12.7. The summed E-state index contributed by atoms with van der Waals surface area (Å²) in [5.41, 5.74) is 4.23. The van der Waals surface area contributed by atoms with Crippen LogP contribution in [0.15, 0.2) is 29.8 Å². The van der Waals surface area contributed by atoms with Crippen molar-refractivity contribution in [1.29, 1.82) is 5.26 Å². The number of anilines is 1. The van der Waals surface area contributed by atoms with Crippen molar-refractivity contribution in [2.75, 3.05) is 19.0 Å². The number of nitrogens with zero attached hydrogens (tertiary/aromatic N) is 1. The van der Waals surface area contributed by atoms with Gasteiger partial charge in [-0.1, -0.05) is 29.3 Å². The minimum absolute atomic E-state index is 0.0388. The Morgan fingerprint density at radius 1 is 1.21 bits per heavy atom. The molecule has 0 aromatic heterocycles. The Labute approximate surface area is 170 Å². The topological polar surface area (TPSA) is 71.3 Å². The number of benzene rings is 2. The second-order valence-corrected chi connectivity index (χ2v) is 6.77. The standard InChI is InChI=1S/C22H23ClN2O3/c1-6-28-19-11-16(10-18(23)21(19)27-5)9-17(12-24)22(26)25-20-14(3)7-13(2)8-15(20)4/h7-11H,6H2,1-5H3,(H,25,26)/b17-9+. The lowest BCUT2D eigenvalue weighted by Gasteiger charge is -2.13. The summed E-state index contributed by atoms with van der Waals surface area (Å²) in [6.07, 6.45) is 1.47. The van der Waals surface area contributed by atoms with Gasteiger partial charge in [0.1, 0.15) is 11.6 Å². The van der Waals surface area contributed by atoms with Gasteiger partial charge in [0.15, 0.2) is 11.5 Å². The molecule has 0 bridgehead atoms. The predicted octanol–water partition coefficient (Wildman–Crippen LogP) is 5.22. The molecule has 0 saturated heterocycles. The highest BCUT2D eigenvalue weighted by Gasteiger charge is 2.15. The largest absolute Gasteiger partial charge is 0.491 e. The number of hydrogen-bond acceptors (Lipinski definition) is 4. The minimum atomic E-state index is -0.484. The number of carbonyl (C=O) groups is 1. The third-order valence-corrected chi connectivity index (χ3v) is 4.41. The number of nitriles is 1. The summed E-state index contributed by atoms with van der Waals surface area (Å²) in [6.45, 7) is 8.11.